The minimum absolute atomic E-state index is 0.159. The van der Waals surface area contributed by atoms with Crippen molar-refractivity contribution in [1.29, 1.82) is 0 Å². The van der Waals surface area contributed by atoms with Gasteiger partial charge in [-0.25, -0.2) is 4.79 Å². The lowest BCUT2D eigenvalue weighted by molar-refractivity contribution is -0.164. The number of aromatic amines is 1. The van der Waals surface area contributed by atoms with Crippen LogP contribution >= 0.6 is 0 Å². The van der Waals surface area contributed by atoms with Crippen molar-refractivity contribution in [2.45, 2.75) is 108 Å². The average molecular weight is 794 g/mol. The van der Waals surface area contributed by atoms with Crippen molar-refractivity contribution in [3.63, 3.8) is 0 Å². The van der Waals surface area contributed by atoms with Crippen molar-refractivity contribution in [3.8, 4) is 0 Å². The number of rotatable bonds is 19. The Morgan fingerprint density at radius 2 is 1.83 bits per heavy atom. The summed E-state index contributed by atoms with van der Waals surface area (Å²) >= 11 is 0. The summed E-state index contributed by atoms with van der Waals surface area (Å²) in [6.45, 7) is 4.58. The highest BCUT2D eigenvalue weighted by molar-refractivity contribution is 5.81. The van der Waals surface area contributed by atoms with Gasteiger partial charge in [0, 0.05) is 62.4 Å². The summed E-state index contributed by atoms with van der Waals surface area (Å²) < 4.78 is 10.6. The highest BCUT2D eigenvalue weighted by Crippen LogP contribution is 2.36. The number of esters is 1. The summed E-state index contributed by atoms with van der Waals surface area (Å²) in [5, 5.41) is 46.3. The van der Waals surface area contributed by atoms with E-state index in [2.05, 4.69) is 50.0 Å². The molecule has 1 saturated heterocycles. The van der Waals surface area contributed by atoms with Gasteiger partial charge in [-0.2, -0.15) is 5.10 Å². The Kier molecular flexibility index (Phi) is 15.9. The first-order chi connectivity index (χ1) is 28.2. The molecule has 310 valence electrons. The molecule has 1 aliphatic carbocycles. The van der Waals surface area contributed by atoms with Gasteiger partial charge in [0.2, 0.25) is 6.29 Å². The van der Waals surface area contributed by atoms with Crippen LogP contribution in [-0.4, -0.2) is 86.2 Å². The molecular formula is C46H59N5O7. The molecule has 58 heavy (non-hydrogen) atoms. The van der Waals surface area contributed by atoms with Gasteiger partial charge in [0.1, 0.15) is 0 Å². The molecule has 3 aromatic carbocycles. The zero-order valence-electron chi connectivity index (χ0n) is 33.4. The topological polar surface area (TPSA) is 169 Å². The molecule has 6 rings (SSSR count). The number of allylic oxidation sites excluding steroid dienone is 2. The molecular weight excluding hydrogens is 735 g/mol. The number of benzene rings is 3. The second kappa shape index (κ2) is 21.7. The summed E-state index contributed by atoms with van der Waals surface area (Å²) in [6.07, 6.45) is 11.5. The SMILES string of the molecule is CC(OC(=O)CCC/C=C\C[C@@H]1[C@@H](/C=C/[C@@H](O)CCc2ccccc2)[C@H](O)C[C@@H]1O)OC(=O)NCc1cccc(CN2CCC[C@H](Nc3ccc4[nH]ncc4c3)C2)c1. The van der Waals surface area contributed by atoms with E-state index in [-0.39, 0.29) is 24.8 Å². The van der Waals surface area contributed by atoms with Gasteiger partial charge < -0.3 is 35.4 Å². The molecule has 1 aliphatic heterocycles. The molecule has 12 heteroatoms. The smallest absolute Gasteiger partial charge is 0.410 e. The second-order valence-corrected chi connectivity index (χ2v) is 15.7. The number of carbonyl (C=O) groups is 2. The fraction of sp³-hybridized carbons (Fsp3) is 0.457. The number of likely N-dealkylation sites (tertiary alicyclic amines) is 1. The Morgan fingerprint density at radius 3 is 2.69 bits per heavy atom. The normalized spacial score (nSPS) is 22.3. The molecule has 2 heterocycles. The first kappa shape index (κ1) is 42.6. The van der Waals surface area contributed by atoms with E-state index >= 15 is 0 Å². The fourth-order valence-electron chi connectivity index (χ4n) is 8.07. The lowest BCUT2D eigenvalue weighted by Crippen LogP contribution is -2.41. The Labute approximate surface area is 341 Å². The molecule has 4 aromatic rings. The van der Waals surface area contributed by atoms with Crippen molar-refractivity contribution in [2.24, 2.45) is 11.8 Å². The van der Waals surface area contributed by atoms with Crippen LogP contribution in [0.4, 0.5) is 10.5 Å². The van der Waals surface area contributed by atoms with Crippen molar-refractivity contribution < 1.29 is 34.4 Å². The lowest BCUT2D eigenvalue weighted by atomic mass is 9.89. The maximum absolute atomic E-state index is 12.5. The van der Waals surface area contributed by atoms with Gasteiger partial charge in [-0.3, -0.25) is 14.8 Å². The van der Waals surface area contributed by atoms with Gasteiger partial charge in [0.05, 0.1) is 30.0 Å². The van der Waals surface area contributed by atoms with Crippen LogP contribution in [0.15, 0.2) is 103 Å². The van der Waals surface area contributed by atoms with Gasteiger partial charge in [0.25, 0.3) is 0 Å². The molecule has 12 nitrogen and oxygen atoms in total. The molecule has 0 spiro atoms. The number of nitrogens with one attached hydrogen (secondary N) is 3. The quantitative estimate of drug-likeness (QED) is 0.0258. The Balaban J connectivity index is 0.839. The maximum atomic E-state index is 12.5. The number of nitrogens with zero attached hydrogens (tertiary/aromatic N) is 2. The van der Waals surface area contributed by atoms with Crippen LogP contribution < -0.4 is 10.6 Å². The highest BCUT2D eigenvalue weighted by Gasteiger charge is 2.39. The first-order valence-corrected chi connectivity index (χ1v) is 20.7. The third-order valence-electron chi connectivity index (χ3n) is 11.1. The number of hydrogen-bond acceptors (Lipinski definition) is 10. The van der Waals surface area contributed by atoms with E-state index in [1.54, 1.807) is 6.08 Å². The number of carbonyl (C=O) groups excluding carboxylic acids is 2. The number of H-pyrrole nitrogens is 1. The van der Waals surface area contributed by atoms with Crippen LogP contribution in [0.5, 0.6) is 0 Å². The summed E-state index contributed by atoms with van der Waals surface area (Å²) in [6, 6.07) is 24.8. The number of hydrogen-bond donors (Lipinski definition) is 6. The van der Waals surface area contributed by atoms with E-state index < -0.39 is 36.7 Å². The van der Waals surface area contributed by atoms with Crippen molar-refractivity contribution >= 4 is 28.7 Å². The zero-order valence-corrected chi connectivity index (χ0v) is 33.4. The molecule has 2 fully saturated rings. The highest BCUT2D eigenvalue weighted by atomic mass is 16.7. The summed E-state index contributed by atoms with van der Waals surface area (Å²) in [4.78, 5) is 27.4. The van der Waals surface area contributed by atoms with E-state index in [1.165, 1.54) is 12.5 Å². The summed E-state index contributed by atoms with van der Waals surface area (Å²) in [7, 11) is 0. The van der Waals surface area contributed by atoms with Crippen molar-refractivity contribution in [3.05, 3.63) is 120 Å². The van der Waals surface area contributed by atoms with Gasteiger partial charge in [-0.15, -0.1) is 0 Å². The first-order valence-electron chi connectivity index (χ1n) is 20.7. The van der Waals surface area contributed by atoms with E-state index in [1.807, 2.05) is 73.0 Å². The third kappa shape index (κ3) is 13.3. The van der Waals surface area contributed by atoms with Gasteiger partial charge in [0.15, 0.2) is 0 Å². The summed E-state index contributed by atoms with van der Waals surface area (Å²) in [5.41, 5.74) is 5.40. The number of fused-ring (bicyclic) bond motifs is 1. The maximum Gasteiger partial charge on any atom is 0.410 e. The number of ether oxygens (including phenoxy) is 2. The minimum atomic E-state index is -1.03. The van der Waals surface area contributed by atoms with Crippen LogP contribution in [0.2, 0.25) is 0 Å². The molecule has 1 aromatic heterocycles. The molecule has 7 atom stereocenters. The zero-order chi connectivity index (χ0) is 40.7. The van der Waals surface area contributed by atoms with Gasteiger partial charge in [-0.05, 0) is 92.3 Å². The Hall–Kier alpha value is -5.01. The average Bonchev–Trinajstić information content (AvgIpc) is 3.79. The minimum Gasteiger partial charge on any atom is -0.425 e. The predicted molar refractivity (Wildman–Crippen MR) is 224 cm³/mol. The van der Waals surface area contributed by atoms with Crippen LogP contribution in [0.3, 0.4) is 0 Å². The number of piperidine rings is 1. The molecule has 1 amide bonds. The van der Waals surface area contributed by atoms with E-state index in [0.29, 0.717) is 38.1 Å². The largest absolute Gasteiger partial charge is 0.425 e. The molecule has 1 saturated carbocycles. The van der Waals surface area contributed by atoms with Crippen molar-refractivity contribution in [2.75, 3.05) is 18.4 Å². The standard InChI is InChI=1S/C46H59N5O7/c1-32(57-45(55)17-8-3-2-7-16-40-41(44(54)27-43(40)53)22-21-39(52)20-18-33-11-5-4-6-12-33)58-46(56)47-28-34-13-9-14-35(25-34)30-51-24-10-15-38(31-51)49-37-19-23-42-36(26-37)29-48-50-42/h2,4-7,9,11-14,19,21-23,25-26,29,32,38-41,43-44,49,52-54H,3,8,10,15-18,20,24,27-28,30-31H2,1H3,(H,47,56)(H,48,50)/b7-2-,22-21+/t32?,38-,39-,40+,41+,43-,44+/m0/s1. The Morgan fingerprint density at radius 1 is 1.00 bits per heavy atom. The van der Waals surface area contributed by atoms with Crippen LogP contribution in [-0.2, 0) is 33.8 Å². The molecule has 0 radical (unpaired) electrons. The monoisotopic (exact) mass is 793 g/mol. The number of anilines is 1. The molecule has 2 aliphatic rings. The van der Waals surface area contributed by atoms with Gasteiger partial charge >= 0.3 is 12.1 Å². The summed E-state index contributed by atoms with van der Waals surface area (Å²) in [5.74, 6) is -0.864. The number of amides is 1. The van der Waals surface area contributed by atoms with Gasteiger partial charge in [-0.1, -0.05) is 78.9 Å². The fourth-order valence-corrected chi connectivity index (χ4v) is 8.07. The number of aliphatic hydroxyl groups is 3. The molecule has 6 N–H and O–H groups in total. The van der Waals surface area contributed by atoms with Crippen LogP contribution in [0.1, 0.15) is 75.0 Å². The molecule has 0 bridgehead atoms. The van der Waals surface area contributed by atoms with E-state index in [9.17, 15) is 24.9 Å². The lowest BCUT2D eigenvalue weighted by Gasteiger charge is -2.33. The van der Waals surface area contributed by atoms with Crippen LogP contribution in [0, 0.1) is 11.8 Å². The number of unbranched alkanes of at least 4 members (excludes halogenated alkanes) is 1. The number of aromatic nitrogens is 2. The Bertz CT molecular complexity index is 1950. The van der Waals surface area contributed by atoms with E-state index in [4.69, 9.17) is 9.47 Å². The van der Waals surface area contributed by atoms with E-state index in [0.717, 1.165) is 66.6 Å². The third-order valence-corrected chi connectivity index (χ3v) is 11.1. The number of aliphatic hydroxyl groups excluding tert-OH is 3. The van der Waals surface area contributed by atoms with Crippen molar-refractivity contribution in [1.82, 2.24) is 20.4 Å². The number of aryl methyl sites for hydroxylation is 1. The second-order valence-electron chi connectivity index (χ2n) is 15.7. The molecule has 1 unspecified atom stereocenters. The number of alkyl carbamates (subject to hydrolysis) is 1. The van der Waals surface area contributed by atoms with Crippen LogP contribution in [0.25, 0.3) is 10.9 Å². The predicted octanol–water partition coefficient (Wildman–Crippen LogP) is 6.78.